The fourth-order valence-corrected chi connectivity index (χ4v) is 2.32. The monoisotopic (exact) mass is 347 g/mol. The molecule has 0 spiro atoms. The summed E-state index contributed by atoms with van der Waals surface area (Å²) in [6.45, 7) is 0.290. The number of aromatic nitrogens is 3. The van der Waals surface area contributed by atoms with Gasteiger partial charge in [-0.1, -0.05) is 41.6 Å². The minimum absolute atomic E-state index is 0.290. The molecule has 2 N–H and O–H groups in total. The second-order valence-corrected chi connectivity index (χ2v) is 5.49. The Kier molecular flexibility index (Phi) is 4.60. The summed E-state index contributed by atoms with van der Waals surface area (Å²) < 4.78 is 39.2. The van der Waals surface area contributed by atoms with Crippen molar-refractivity contribution < 1.29 is 23.2 Å². The van der Waals surface area contributed by atoms with Gasteiger partial charge in [0.1, 0.15) is 5.69 Å². The van der Waals surface area contributed by atoms with Crippen LogP contribution >= 0.6 is 0 Å². The molecule has 3 aromatic rings. The summed E-state index contributed by atoms with van der Waals surface area (Å²) in [4.78, 5) is 0. The molecule has 9 heteroatoms. The largest absolute Gasteiger partial charge is 0.488 e. The summed E-state index contributed by atoms with van der Waals surface area (Å²) in [6.07, 6.45) is -2.69. The van der Waals surface area contributed by atoms with Crippen LogP contribution in [0.15, 0.2) is 54.7 Å². The van der Waals surface area contributed by atoms with Gasteiger partial charge in [0.25, 0.3) is 0 Å². The molecule has 1 heterocycles. The fourth-order valence-electron chi connectivity index (χ4n) is 2.32. The van der Waals surface area contributed by atoms with Crippen molar-refractivity contribution >= 4 is 12.6 Å². The molecule has 0 amide bonds. The van der Waals surface area contributed by atoms with Crippen LogP contribution in [0.4, 0.5) is 13.2 Å². The van der Waals surface area contributed by atoms with Gasteiger partial charge in [0.15, 0.2) is 0 Å². The van der Waals surface area contributed by atoms with Gasteiger partial charge in [0, 0.05) is 5.56 Å². The van der Waals surface area contributed by atoms with Crippen LogP contribution in [0.3, 0.4) is 0 Å². The van der Waals surface area contributed by atoms with E-state index in [4.69, 9.17) is 10.0 Å². The van der Waals surface area contributed by atoms with Gasteiger partial charge >= 0.3 is 13.3 Å². The molecule has 0 fully saturated rings. The van der Waals surface area contributed by atoms with Crippen LogP contribution in [0.2, 0.25) is 0 Å². The van der Waals surface area contributed by atoms with Crippen LogP contribution in [-0.2, 0) is 12.7 Å². The maximum Gasteiger partial charge on any atom is 0.488 e. The lowest BCUT2D eigenvalue weighted by molar-refractivity contribution is -0.137. The van der Waals surface area contributed by atoms with Gasteiger partial charge < -0.3 is 10.0 Å². The molecule has 0 saturated carbocycles. The van der Waals surface area contributed by atoms with E-state index in [2.05, 4.69) is 10.3 Å². The SMILES string of the molecule is OB(O)c1ccc(-c2cn(Cc3ccc(C(F)(F)F)cc3)nn2)cc1. The molecule has 0 atom stereocenters. The quantitative estimate of drug-likeness (QED) is 0.705. The highest BCUT2D eigenvalue weighted by Crippen LogP contribution is 2.29. The molecule has 128 valence electrons. The molecule has 0 radical (unpaired) electrons. The van der Waals surface area contributed by atoms with Crippen LogP contribution in [0, 0.1) is 0 Å². The van der Waals surface area contributed by atoms with Crippen LogP contribution in [0.25, 0.3) is 11.3 Å². The van der Waals surface area contributed by atoms with Gasteiger partial charge in [-0.25, -0.2) is 4.68 Å². The van der Waals surface area contributed by atoms with E-state index in [0.717, 1.165) is 17.7 Å². The Labute approximate surface area is 141 Å². The van der Waals surface area contributed by atoms with E-state index in [0.29, 0.717) is 23.3 Å². The van der Waals surface area contributed by atoms with E-state index in [1.54, 1.807) is 30.5 Å². The summed E-state index contributed by atoms with van der Waals surface area (Å²) in [5.74, 6) is 0. The normalized spacial score (nSPS) is 11.6. The molecular formula is C16H13BF3N3O2. The van der Waals surface area contributed by atoms with Crippen molar-refractivity contribution in [1.82, 2.24) is 15.0 Å². The third kappa shape index (κ3) is 4.07. The van der Waals surface area contributed by atoms with Crippen molar-refractivity contribution in [2.45, 2.75) is 12.7 Å². The number of hydrogen-bond donors (Lipinski definition) is 2. The average Bonchev–Trinajstić information content (AvgIpc) is 3.03. The van der Waals surface area contributed by atoms with Gasteiger partial charge in [-0.15, -0.1) is 5.10 Å². The van der Waals surface area contributed by atoms with E-state index >= 15 is 0 Å². The fraction of sp³-hybridized carbons (Fsp3) is 0.125. The molecule has 5 nitrogen and oxygen atoms in total. The molecule has 0 bridgehead atoms. The van der Waals surface area contributed by atoms with Crippen molar-refractivity contribution in [3.8, 4) is 11.3 Å². The number of hydrogen-bond acceptors (Lipinski definition) is 4. The number of alkyl halides is 3. The number of rotatable bonds is 4. The molecule has 0 aliphatic rings. The van der Waals surface area contributed by atoms with E-state index in [-0.39, 0.29) is 0 Å². The smallest absolute Gasteiger partial charge is 0.423 e. The highest BCUT2D eigenvalue weighted by Gasteiger charge is 2.29. The highest BCUT2D eigenvalue weighted by atomic mass is 19.4. The number of benzene rings is 2. The van der Waals surface area contributed by atoms with Crippen LogP contribution in [0.5, 0.6) is 0 Å². The first-order valence-corrected chi connectivity index (χ1v) is 7.36. The lowest BCUT2D eigenvalue weighted by Crippen LogP contribution is -2.29. The van der Waals surface area contributed by atoms with E-state index in [1.807, 2.05) is 0 Å². The molecule has 0 aliphatic heterocycles. The molecule has 25 heavy (non-hydrogen) atoms. The van der Waals surface area contributed by atoms with Gasteiger partial charge in [0.2, 0.25) is 0 Å². The maximum absolute atomic E-state index is 12.6. The molecular weight excluding hydrogens is 334 g/mol. The Morgan fingerprint density at radius 3 is 2.16 bits per heavy atom. The summed E-state index contributed by atoms with van der Waals surface area (Å²) in [5.41, 5.74) is 1.65. The molecule has 0 saturated heterocycles. The lowest BCUT2D eigenvalue weighted by Gasteiger charge is -2.07. The van der Waals surface area contributed by atoms with E-state index < -0.39 is 18.9 Å². The predicted octanol–water partition coefficient (Wildman–Crippen LogP) is 1.69. The summed E-state index contributed by atoms with van der Waals surface area (Å²) in [6, 6.07) is 11.4. The Hall–Kier alpha value is -2.65. The first kappa shape index (κ1) is 17.2. The van der Waals surface area contributed by atoms with Gasteiger partial charge in [-0.05, 0) is 23.2 Å². The van der Waals surface area contributed by atoms with Gasteiger partial charge in [-0.2, -0.15) is 13.2 Å². The Morgan fingerprint density at radius 2 is 1.60 bits per heavy atom. The van der Waals surface area contributed by atoms with E-state index in [1.165, 1.54) is 16.8 Å². The van der Waals surface area contributed by atoms with Crippen LogP contribution in [-0.4, -0.2) is 32.2 Å². The molecule has 1 aromatic heterocycles. The van der Waals surface area contributed by atoms with Gasteiger partial charge in [-0.3, -0.25) is 0 Å². The van der Waals surface area contributed by atoms with Crippen molar-refractivity contribution in [2.75, 3.05) is 0 Å². The molecule has 0 unspecified atom stereocenters. The van der Waals surface area contributed by atoms with Crippen LogP contribution < -0.4 is 5.46 Å². The topological polar surface area (TPSA) is 71.2 Å². The number of halogens is 3. The summed E-state index contributed by atoms with van der Waals surface area (Å²) in [7, 11) is -1.54. The highest BCUT2D eigenvalue weighted by molar-refractivity contribution is 6.58. The summed E-state index contributed by atoms with van der Waals surface area (Å²) >= 11 is 0. The third-order valence-electron chi connectivity index (χ3n) is 3.67. The standard InChI is InChI=1S/C16H13BF3N3O2/c18-16(19,20)13-5-1-11(2-6-13)9-23-10-15(21-22-23)12-3-7-14(8-4-12)17(24)25/h1-8,10,24-25H,9H2. The first-order valence-electron chi connectivity index (χ1n) is 7.36. The van der Waals surface area contributed by atoms with Crippen molar-refractivity contribution in [3.63, 3.8) is 0 Å². The molecule has 0 aliphatic carbocycles. The molecule has 2 aromatic carbocycles. The number of nitrogens with zero attached hydrogens (tertiary/aromatic N) is 3. The van der Waals surface area contributed by atoms with E-state index in [9.17, 15) is 13.2 Å². The minimum atomic E-state index is -4.35. The predicted molar refractivity (Wildman–Crippen MR) is 85.8 cm³/mol. The average molecular weight is 347 g/mol. The minimum Gasteiger partial charge on any atom is -0.423 e. The Morgan fingerprint density at radius 1 is 0.960 bits per heavy atom. The second-order valence-electron chi connectivity index (χ2n) is 5.49. The Bertz CT molecular complexity index is 846. The second kappa shape index (κ2) is 6.69. The summed E-state index contributed by atoms with van der Waals surface area (Å²) in [5, 5.41) is 26.1. The zero-order chi connectivity index (χ0) is 18.0. The zero-order valence-corrected chi connectivity index (χ0v) is 12.9. The third-order valence-corrected chi connectivity index (χ3v) is 3.67. The maximum atomic E-state index is 12.6. The van der Waals surface area contributed by atoms with Crippen molar-refractivity contribution in [2.24, 2.45) is 0 Å². The van der Waals surface area contributed by atoms with Crippen LogP contribution in [0.1, 0.15) is 11.1 Å². The lowest BCUT2D eigenvalue weighted by atomic mass is 9.80. The van der Waals surface area contributed by atoms with Crippen molar-refractivity contribution in [3.05, 3.63) is 65.9 Å². The first-order chi connectivity index (χ1) is 11.8. The Balaban J connectivity index is 1.73. The molecule has 3 rings (SSSR count). The van der Waals surface area contributed by atoms with Gasteiger partial charge in [0.05, 0.1) is 18.3 Å². The van der Waals surface area contributed by atoms with Crippen molar-refractivity contribution in [1.29, 1.82) is 0 Å². The zero-order valence-electron chi connectivity index (χ0n) is 12.9.